The number of morpholine rings is 1. The number of hydrogen-bond acceptors (Lipinski definition) is 6. The van der Waals surface area contributed by atoms with Gasteiger partial charge in [-0.25, -0.2) is 8.42 Å². The van der Waals surface area contributed by atoms with Gasteiger partial charge in [0.05, 0.1) is 23.0 Å². The second-order valence-corrected chi connectivity index (χ2v) is 8.83. The van der Waals surface area contributed by atoms with E-state index < -0.39 is 14.9 Å². The van der Waals surface area contributed by atoms with Gasteiger partial charge in [-0.3, -0.25) is 10.1 Å². The molecule has 3 rings (SSSR count). The van der Waals surface area contributed by atoms with Crippen LogP contribution in [-0.4, -0.2) is 43.9 Å². The van der Waals surface area contributed by atoms with Crippen LogP contribution in [0.3, 0.4) is 0 Å². The number of nitro groups is 1. The maximum absolute atomic E-state index is 12.7. The van der Waals surface area contributed by atoms with Crippen LogP contribution >= 0.6 is 15.9 Å². The van der Waals surface area contributed by atoms with Crippen LogP contribution in [0.15, 0.2) is 45.8 Å². The van der Waals surface area contributed by atoms with E-state index in [1.807, 2.05) is 19.1 Å². The lowest BCUT2D eigenvalue weighted by molar-refractivity contribution is -0.384. The maximum atomic E-state index is 12.7. The number of aryl methyl sites for hydroxylation is 1. The zero-order valence-electron chi connectivity index (χ0n) is 14.5. The molecule has 0 aliphatic carbocycles. The number of nitrogens with zero attached hydrogens (tertiary/aromatic N) is 2. The fourth-order valence-electron chi connectivity index (χ4n) is 2.74. The Morgan fingerprint density at radius 1 is 1.19 bits per heavy atom. The lowest BCUT2D eigenvalue weighted by Gasteiger charge is -2.26. The molecule has 2 aromatic rings. The van der Waals surface area contributed by atoms with Gasteiger partial charge < -0.3 is 10.1 Å². The average molecular weight is 456 g/mol. The van der Waals surface area contributed by atoms with E-state index in [4.69, 9.17) is 4.74 Å². The minimum atomic E-state index is -3.81. The SMILES string of the molecule is Cc1cc(Nc2ccc(S(=O)(=O)N3CCOCC3)cc2[N+](=O)[O-])ccc1Br. The summed E-state index contributed by atoms with van der Waals surface area (Å²) in [6.07, 6.45) is 0. The monoisotopic (exact) mass is 455 g/mol. The molecule has 1 N–H and O–H groups in total. The zero-order valence-corrected chi connectivity index (χ0v) is 16.9. The highest BCUT2D eigenvalue weighted by molar-refractivity contribution is 9.10. The number of ether oxygens (including phenoxy) is 1. The molecule has 0 radical (unpaired) electrons. The van der Waals surface area contributed by atoms with Crippen molar-refractivity contribution in [1.82, 2.24) is 4.31 Å². The van der Waals surface area contributed by atoms with E-state index in [0.29, 0.717) is 18.9 Å². The predicted octanol–water partition coefficient (Wildman–Crippen LogP) is 3.43. The summed E-state index contributed by atoms with van der Waals surface area (Å²) in [5.74, 6) is 0. The molecule has 1 aliphatic heterocycles. The van der Waals surface area contributed by atoms with Gasteiger partial charge in [-0.1, -0.05) is 15.9 Å². The van der Waals surface area contributed by atoms with Crippen molar-refractivity contribution in [3.63, 3.8) is 0 Å². The van der Waals surface area contributed by atoms with E-state index >= 15 is 0 Å². The Hall–Kier alpha value is -2.01. The van der Waals surface area contributed by atoms with Gasteiger partial charge in [-0.05, 0) is 42.8 Å². The molecule has 8 nitrogen and oxygen atoms in total. The summed E-state index contributed by atoms with van der Waals surface area (Å²) in [5, 5.41) is 14.5. The van der Waals surface area contributed by atoms with E-state index in [9.17, 15) is 18.5 Å². The molecule has 144 valence electrons. The van der Waals surface area contributed by atoms with Crippen LogP contribution in [-0.2, 0) is 14.8 Å². The molecular weight excluding hydrogens is 438 g/mol. The molecule has 0 amide bonds. The number of sulfonamides is 1. The molecule has 0 aromatic heterocycles. The van der Waals surface area contributed by atoms with Crippen molar-refractivity contribution in [2.24, 2.45) is 0 Å². The van der Waals surface area contributed by atoms with Gasteiger partial charge in [0.25, 0.3) is 5.69 Å². The first-order valence-corrected chi connectivity index (χ1v) is 10.4. The van der Waals surface area contributed by atoms with E-state index in [-0.39, 0.29) is 29.4 Å². The van der Waals surface area contributed by atoms with Crippen LogP contribution in [0.2, 0.25) is 0 Å². The number of anilines is 2. The average Bonchev–Trinajstić information content (AvgIpc) is 2.65. The van der Waals surface area contributed by atoms with Crippen molar-refractivity contribution in [2.75, 3.05) is 31.6 Å². The summed E-state index contributed by atoms with van der Waals surface area (Å²) >= 11 is 3.41. The van der Waals surface area contributed by atoms with E-state index in [0.717, 1.165) is 16.1 Å². The number of rotatable bonds is 5. The number of halogens is 1. The molecule has 0 unspecified atom stereocenters. The predicted molar refractivity (Wildman–Crippen MR) is 105 cm³/mol. The van der Waals surface area contributed by atoms with Crippen molar-refractivity contribution in [3.8, 4) is 0 Å². The molecule has 0 atom stereocenters. The molecular formula is C17H18BrN3O5S. The van der Waals surface area contributed by atoms with Crippen LogP contribution in [0, 0.1) is 17.0 Å². The third kappa shape index (κ3) is 4.29. The Kier molecular flexibility index (Phi) is 5.80. The van der Waals surface area contributed by atoms with Gasteiger partial charge >= 0.3 is 0 Å². The summed E-state index contributed by atoms with van der Waals surface area (Å²) in [7, 11) is -3.81. The minimum Gasteiger partial charge on any atom is -0.379 e. The van der Waals surface area contributed by atoms with Gasteiger partial charge in [0.15, 0.2) is 0 Å². The Bertz CT molecular complexity index is 975. The Labute approximate surface area is 165 Å². The molecule has 27 heavy (non-hydrogen) atoms. The lowest BCUT2D eigenvalue weighted by atomic mass is 10.2. The first kappa shape index (κ1) is 19.7. The Balaban J connectivity index is 1.95. The summed E-state index contributed by atoms with van der Waals surface area (Å²) in [4.78, 5) is 10.8. The van der Waals surface area contributed by atoms with E-state index in [1.54, 1.807) is 6.07 Å². The number of benzene rings is 2. The molecule has 10 heteroatoms. The summed E-state index contributed by atoms with van der Waals surface area (Å²) in [6.45, 7) is 2.98. The fraction of sp³-hybridized carbons (Fsp3) is 0.294. The van der Waals surface area contributed by atoms with Crippen molar-refractivity contribution >= 4 is 43.0 Å². The third-order valence-electron chi connectivity index (χ3n) is 4.21. The zero-order chi connectivity index (χ0) is 19.6. The molecule has 1 saturated heterocycles. The second kappa shape index (κ2) is 7.93. The number of hydrogen-bond donors (Lipinski definition) is 1. The molecule has 0 saturated carbocycles. The standard InChI is InChI=1S/C17H18BrN3O5S/c1-12-10-13(2-4-15(12)18)19-16-5-3-14(11-17(16)21(22)23)27(24,25)20-6-8-26-9-7-20/h2-5,10-11,19H,6-9H2,1H3. The lowest BCUT2D eigenvalue weighted by Crippen LogP contribution is -2.40. The summed E-state index contributed by atoms with van der Waals surface area (Å²) in [6, 6.07) is 9.35. The Morgan fingerprint density at radius 3 is 2.52 bits per heavy atom. The highest BCUT2D eigenvalue weighted by Crippen LogP contribution is 2.32. The van der Waals surface area contributed by atoms with Crippen LogP contribution in [0.4, 0.5) is 17.1 Å². The van der Waals surface area contributed by atoms with Gasteiger partial charge in [0.1, 0.15) is 5.69 Å². The fourth-order valence-corrected chi connectivity index (χ4v) is 4.42. The van der Waals surface area contributed by atoms with Crippen LogP contribution in [0.5, 0.6) is 0 Å². The highest BCUT2D eigenvalue weighted by atomic mass is 79.9. The first-order chi connectivity index (χ1) is 12.8. The van der Waals surface area contributed by atoms with Crippen molar-refractivity contribution in [1.29, 1.82) is 0 Å². The van der Waals surface area contributed by atoms with Gasteiger partial charge in [0.2, 0.25) is 10.0 Å². The minimum absolute atomic E-state index is 0.103. The van der Waals surface area contributed by atoms with Gasteiger partial charge in [-0.15, -0.1) is 0 Å². The molecule has 1 aliphatic rings. The Morgan fingerprint density at radius 2 is 1.89 bits per heavy atom. The van der Waals surface area contributed by atoms with Crippen LogP contribution in [0.1, 0.15) is 5.56 Å². The van der Waals surface area contributed by atoms with Crippen molar-refractivity contribution in [2.45, 2.75) is 11.8 Å². The second-order valence-electron chi connectivity index (χ2n) is 6.04. The van der Waals surface area contributed by atoms with Crippen molar-refractivity contribution < 1.29 is 18.1 Å². The van der Waals surface area contributed by atoms with Crippen molar-refractivity contribution in [3.05, 3.63) is 56.5 Å². The van der Waals surface area contributed by atoms with Crippen LogP contribution in [0.25, 0.3) is 0 Å². The maximum Gasteiger partial charge on any atom is 0.294 e. The number of nitrogens with one attached hydrogen (secondary N) is 1. The van der Waals surface area contributed by atoms with Gasteiger partial charge in [0, 0.05) is 29.3 Å². The smallest absolute Gasteiger partial charge is 0.294 e. The van der Waals surface area contributed by atoms with Gasteiger partial charge in [-0.2, -0.15) is 4.31 Å². The first-order valence-electron chi connectivity index (χ1n) is 8.18. The molecule has 2 aromatic carbocycles. The normalized spacial score (nSPS) is 15.5. The largest absolute Gasteiger partial charge is 0.379 e. The summed E-state index contributed by atoms with van der Waals surface area (Å²) < 4.78 is 32.8. The number of nitro benzene ring substituents is 1. The molecule has 1 heterocycles. The quantitative estimate of drug-likeness (QED) is 0.547. The topological polar surface area (TPSA) is 102 Å². The highest BCUT2D eigenvalue weighted by Gasteiger charge is 2.28. The molecule has 1 fully saturated rings. The summed E-state index contributed by atoms with van der Waals surface area (Å²) in [5.41, 5.74) is 1.56. The molecule has 0 bridgehead atoms. The van der Waals surface area contributed by atoms with E-state index in [2.05, 4.69) is 21.2 Å². The third-order valence-corrected chi connectivity index (χ3v) is 7.00. The van der Waals surface area contributed by atoms with Crippen LogP contribution < -0.4 is 5.32 Å². The van der Waals surface area contributed by atoms with E-state index in [1.165, 1.54) is 16.4 Å². The molecule has 0 spiro atoms.